The average molecular weight is 242 g/mol. The topological polar surface area (TPSA) is 69.7 Å². The van der Waals surface area contributed by atoms with Gasteiger partial charge in [0, 0.05) is 0 Å². The summed E-state index contributed by atoms with van der Waals surface area (Å²) in [5.74, 6) is -1.00. The first kappa shape index (κ1) is 11.1. The van der Waals surface area contributed by atoms with Gasteiger partial charge in [0.25, 0.3) is 0 Å². The van der Waals surface area contributed by atoms with Gasteiger partial charge in [-0.25, -0.2) is 13.2 Å². The van der Waals surface area contributed by atoms with Crippen LogP contribution in [-0.4, -0.2) is 33.0 Å². The summed E-state index contributed by atoms with van der Waals surface area (Å²) >= 11 is 0. The third kappa shape index (κ3) is 2.23. The smallest absolute Gasteiger partial charge is 0.338 e. The monoisotopic (exact) mass is 242 g/mol. The highest BCUT2D eigenvalue weighted by molar-refractivity contribution is 7.91. The summed E-state index contributed by atoms with van der Waals surface area (Å²) in [7, 11) is -3.50. The Morgan fingerprint density at radius 1 is 1.25 bits per heavy atom. The minimum absolute atomic E-state index is 0.173. The Labute approximate surface area is 92.9 Å². The van der Waals surface area contributed by atoms with E-state index in [1.165, 1.54) is 12.1 Å². The quantitative estimate of drug-likeness (QED) is 0.716. The molecule has 0 aromatic heterocycles. The molecule has 1 heterocycles. The van der Waals surface area contributed by atoms with E-state index in [0.717, 1.165) is 0 Å². The van der Waals surface area contributed by atoms with Gasteiger partial charge in [-0.2, -0.15) is 0 Å². The van der Waals surface area contributed by atoms with Gasteiger partial charge in [-0.1, -0.05) is 18.2 Å². The second-order valence-corrected chi connectivity index (χ2v) is 5.37. The maximum Gasteiger partial charge on any atom is 0.338 e. The molecule has 1 aliphatic heterocycles. The van der Waals surface area contributed by atoms with Gasteiger partial charge in [0.2, 0.25) is 0 Å². The Bertz CT molecular complexity index is 479. The van der Waals surface area contributed by atoms with Crippen LogP contribution >= 0.6 is 0 Å². The number of carbonyl (C=O) groups excluding carboxylic acids is 1. The van der Waals surface area contributed by atoms with Crippen molar-refractivity contribution in [3.8, 4) is 0 Å². The number of esters is 1. The molecule has 2 rings (SSSR count). The molecule has 1 fully saturated rings. The molecule has 0 N–H and O–H groups in total. The lowest BCUT2D eigenvalue weighted by molar-refractivity contribution is -0.138. The SMILES string of the molecule is O=C1OCOC1CS(=O)(=O)c1ccccc1. The standard InChI is InChI=1S/C10H10O5S/c11-10-9(14-7-15-10)6-16(12,13)8-4-2-1-3-5-8/h1-5,9H,6-7H2. The number of cyclic esters (lactones) is 1. The predicted molar refractivity (Wildman–Crippen MR) is 54.3 cm³/mol. The predicted octanol–water partition coefficient (Wildman–Crippen LogP) is 0.360. The number of benzene rings is 1. The van der Waals surface area contributed by atoms with Crippen molar-refractivity contribution in [3.05, 3.63) is 30.3 Å². The average Bonchev–Trinajstić information content (AvgIpc) is 2.65. The van der Waals surface area contributed by atoms with Gasteiger partial charge in [0.05, 0.1) is 10.6 Å². The van der Waals surface area contributed by atoms with Crippen molar-refractivity contribution in [2.75, 3.05) is 12.5 Å². The Hall–Kier alpha value is -1.40. The van der Waals surface area contributed by atoms with E-state index < -0.39 is 21.9 Å². The maximum atomic E-state index is 11.8. The molecule has 0 bridgehead atoms. The van der Waals surface area contributed by atoms with E-state index in [-0.39, 0.29) is 17.4 Å². The summed E-state index contributed by atoms with van der Waals surface area (Å²) in [6.45, 7) is -0.173. The van der Waals surface area contributed by atoms with E-state index in [0.29, 0.717) is 0 Å². The highest BCUT2D eigenvalue weighted by Gasteiger charge is 2.33. The van der Waals surface area contributed by atoms with Crippen LogP contribution in [0.2, 0.25) is 0 Å². The molecule has 0 spiro atoms. The molecule has 86 valence electrons. The molecule has 0 radical (unpaired) electrons. The summed E-state index contributed by atoms with van der Waals surface area (Å²) in [5.41, 5.74) is 0. The van der Waals surface area contributed by atoms with Crippen LogP contribution in [0.4, 0.5) is 0 Å². The van der Waals surface area contributed by atoms with Crippen molar-refractivity contribution in [1.82, 2.24) is 0 Å². The van der Waals surface area contributed by atoms with E-state index in [1.54, 1.807) is 18.2 Å². The Balaban J connectivity index is 2.18. The lowest BCUT2D eigenvalue weighted by atomic mass is 10.4. The number of ether oxygens (including phenoxy) is 2. The van der Waals surface area contributed by atoms with Crippen LogP contribution in [0.5, 0.6) is 0 Å². The van der Waals surface area contributed by atoms with Crippen LogP contribution in [0.25, 0.3) is 0 Å². The minimum atomic E-state index is -3.50. The molecular weight excluding hydrogens is 232 g/mol. The number of sulfone groups is 1. The molecule has 5 nitrogen and oxygen atoms in total. The first-order valence-corrected chi connectivity index (χ1v) is 6.31. The van der Waals surface area contributed by atoms with Gasteiger partial charge in [0.15, 0.2) is 22.7 Å². The Kier molecular flexibility index (Phi) is 2.93. The lowest BCUT2D eigenvalue weighted by Crippen LogP contribution is -2.26. The number of hydrogen-bond acceptors (Lipinski definition) is 5. The van der Waals surface area contributed by atoms with E-state index in [9.17, 15) is 13.2 Å². The van der Waals surface area contributed by atoms with Crippen LogP contribution < -0.4 is 0 Å². The van der Waals surface area contributed by atoms with Crippen LogP contribution in [0.15, 0.2) is 35.2 Å². The van der Waals surface area contributed by atoms with Crippen molar-refractivity contribution >= 4 is 15.8 Å². The van der Waals surface area contributed by atoms with E-state index in [2.05, 4.69) is 4.74 Å². The zero-order valence-electron chi connectivity index (χ0n) is 8.33. The van der Waals surface area contributed by atoms with Gasteiger partial charge in [-0.15, -0.1) is 0 Å². The molecule has 1 unspecified atom stereocenters. The van der Waals surface area contributed by atoms with E-state index in [4.69, 9.17) is 4.74 Å². The fourth-order valence-corrected chi connectivity index (χ4v) is 2.77. The van der Waals surface area contributed by atoms with Gasteiger partial charge in [-0.05, 0) is 12.1 Å². The molecule has 0 amide bonds. The number of carbonyl (C=O) groups is 1. The molecule has 1 aromatic carbocycles. The highest BCUT2D eigenvalue weighted by atomic mass is 32.2. The van der Waals surface area contributed by atoms with Crippen molar-refractivity contribution in [2.45, 2.75) is 11.0 Å². The molecule has 16 heavy (non-hydrogen) atoms. The van der Waals surface area contributed by atoms with Crippen LogP contribution in [0.1, 0.15) is 0 Å². The molecule has 1 atom stereocenters. The largest absolute Gasteiger partial charge is 0.436 e. The molecule has 1 aliphatic rings. The Morgan fingerprint density at radius 2 is 1.94 bits per heavy atom. The molecule has 6 heteroatoms. The molecule has 1 saturated heterocycles. The molecule has 0 saturated carbocycles. The maximum absolute atomic E-state index is 11.8. The number of hydrogen-bond donors (Lipinski definition) is 0. The van der Waals surface area contributed by atoms with Crippen LogP contribution in [0, 0.1) is 0 Å². The third-order valence-electron chi connectivity index (χ3n) is 2.21. The minimum Gasteiger partial charge on any atom is -0.436 e. The fourth-order valence-electron chi connectivity index (χ4n) is 1.37. The summed E-state index contributed by atoms with van der Waals surface area (Å²) in [4.78, 5) is 11.3. The van der Waals surface area contributed by atoms with Gasteiger partial charge >= 0.3 is 5.97 Å². The second kappa shape index (κ2) is 4.23. The fraction of sp³-hybridized carbons (Fsp3) is 0.300. The van der Waals surface area contributed by atoms with Crippen LogP contribution in [0.3, 0.4) is 0 Å². The van der Waals surface area contributed by atoms with Crippen molar-refractivity contribution in [2.24, 2.45) is 0 Å². The normalized spacial score (nSPS) is 20.8. The third-order valence-corrected chi connectivity index (χ3v) is 3.94. The lowest BCUT2D eigenvalue weighted by Gasteiger charge is -2.06. The zero-order valence-corrected chi connectivity index (χ0v) is 9.14. The summed E-state index contributed by atoms with van der Waals surface area (Å²) in [6.07, 6.45) is -1.01. The van der Waals surface area contributed by atoms with Gasteiger partial charge in [-0.3, -0.25) is 0 Å². The van der Waals surface area contributed by atoms with E-state index >= 15 is 0 Å². The van der Waals surface area contributed by atoms with Crippen LogP contribution in [-0.2, 0) is 24.1 Å². The van der Waals surface area contributed by atoms with Crippen molar-refractivity contribution in [1.29, 1.82) is 0 Å². The highest BCUT2D eigenvalue weighted by Crippen LogP contribution is 2.15. The second-order valence-electron chi connectivity index (χ2n) is 3.33. The first-order chi connectivity index (χ1) is 7.59. The molecule has 0 aliphatic carbocycles. The van der Waals surface area contributed by atoms with Crippen molar-refractivity contribution < 1.29 is 22.7 Å². The van der Waals surface area contributed by atoms with Gasteiger partial charge < -0.3 is 9.47 Å². The summed E-state index contributed by atoms with van der Waals surface area (Å²) in [5, 5.41) is 0. The van der Waals surface area contributed by atoms with Gasteiger partial charge in [0.1, 0.15) is 0 Å². The zero-order chi connectivity index (χ0) is 11.6. The molecular formula is C10H10O5S. The Morgan fingerprint density at radius 3 is 2.50 bits per heavy atom. The number of rotatable bonds is 3. The van der Waals surface area contributed by atoms with E-state index in [1.807, 2.05) is 0 Å². The molecule has 1 aromatic rings. The summed E-state index contributed by atoms with van der Waals surface area (Å²) < 4.78 is 33.1. The first-order valence-electron chi connectivity index (χ1n) is 4.66. The summed E-state index contributed by atoms with van der Waals surface area (Å²) in [6, 6.07) is 7.94. The van der Waals surface area contributed by atoms with Crippen molar-refractivity contribution in [3.63, 3.8) is 0 Å².